The molecule has 16 heavy (non-hydrogen) atoms. The van der Waals surface area contributed by atoms with Gasteiger partial charge in [0.25, 0.3) is 11.6 Å². The highest BCUT2D eigenvalue weighted by Crippen LogP contribution is 2.39. The minimum atomic E-state index is -0.551. The lowest BCUT2D eigenvalue weighted by atomic mass is 10.2. The molecular formula is C9H7N4O3+. The van der Waals surface area contributed by atoms with Crippen LogP contribution in [0.2, 0.25) is 0 Å². The van der Waals surface area contributed by atoms with Crippen molar-refractivity contribution in [3.05, 3.63) is 33.3 Å². The lowest BCUT2D eigenvalue weighted by Crippen LogP contribution is -1.88. The maximum absolute atomic E-state index is 10.6. The molecule has 1 aromatic heterocycles. The molecule has 0 aliphatic carbocycles. The summed E-state index contributed by atoms with van der Waals surface area (Å²) in [5.41, 5.74) is 0.361. The highest BCUT2D eigenvalue weighted by atomic mass is 16.6. The van der Waals surface area contributed by atoms with Gasteiger partial charge in [0.15, 0.2) is 4.98 Å². The summed E-state index contributed by atoms with van der Waals surface area (Å²) in [6, 6.07) is 4.06. The van der Waals surface area contributed by atoms with Crippen molar-refractivity contribution in [3.8, 4) is 5.88 Å². The van der Waals surface area contributed by atoms with E-state index >= 15 is 0 Å². The molecule has 0 aliphatic heterocycles. The number of aromatic hydroxyl groups is 1. The van der Waals surface area contributed by atoms with Gasteiger partial charge in [-0.1, -0.05) is 0 Å². The van der Waals surface area contributed by atoms with Gasteiger partial charge in [0.1, 0.15) is 5.39 Å². The van der Waals surface area contributed by atoms with Crippen LogP contribution in [-0.2, 0) is 7.05 Å². The molecular weight excluding hydrogens is 212 g/mol. The molecule has 7 heteroatoms. The number of hydrogen-bond donors (Lipinski definition) is 1. The van der Waals surface area contributed by atoms with Gasteiger partial charge in [0.05, 0.1) is 10.4 Å². The van der Waals surface area contributed by atoms with E-state index in [2.05, 4.69) is 4.98 Å². The highest BCUT2D eigenvalue weighted by Gasteiger charge is 2.26. The van der Waals surface area contributed by atoms with Gasteiger partial charge < -0.3 is 9.67 Å². The number of nitro groups is 1. The average Bonchev–Trinajstić information content (AvgIpc) is 2.51. The largest absolute Gasteiger partial charge is 0.489 e. The van der Waals surface area contributed by atoms with Crippen molar-refractivity contribution in [2.24, 2.45) is 7.05 Å². The van der Waals surface area contributed by atoms with E-state index in [0.717, 1.165) is 0 Å². The third kappa shape index (κ3) is 1.17. The van der Waals surface area contributed by atoms with E-state index in [4.69, 9.17) is 5.39 Å². The van der Waals surface area contributed by atoms with E-state index in [1.165, 1.54) is 22.8 Å². The second kappa shape index (κ2) is 3.20. The van der Waals surface area contributed by atoms with Gasteiger partial charge in [-0.2, -0.15) is 0 Å². The Bertz CT molecular complexity index is 638. The van der Waals surface area contributed by atoms with Crippen LogP contribution < -0.4 is 0 Å². The molecule has 1 aromatic carbocycles. The molecule has 1 N–H and O–H groups in total. The van der Waals surface area contributed by atoms with Crippen molar-refractivity contribution in [2.75, 3.05) is 0 Å². The Morgan fingerprint density at radius 3 is 2.81 bits per heavy atom. The Kier molecular flexibility index (Phi) is 1.98. The lowest BCUT2D eigenvalue weighted by molar-refractivity contribution is -0.384. The number of benzene rings is 1. The number of rotatable bonds is 1. The average molecular weight is 219 g/mol. The summed E-state index contributed by atoms with van der Waals surface area (Å²) in [5.74, 6) is -0.238. The molecule has 80 valence electrons. The second-order valence-electron chi connectivity index (χ2n) is 3.29. The van der Waals surface area contributed by atoms with Crippen LogP contribution in [-0.4, -0.2) is 14.6 Å². The van der Waals surface area contributed by atoms with E-state index in [9.17, 15) is 15.2 Å². The molecule has 0 aliphatic rings. The number of hydrogen-bond acceptors (Lipinski definition) is 4. The van der Waals surface area contributed by atoms with Crippen LogP contribution in [0.4, 0.5) is 11.4 Å². The van der Waals surface area contributed by atoms with E-state index in [1.54, 1.807) is 7.05 Å². The van der Waals surface area contributed by atoms with Crippen LogP contribution >= 0.6 is 0 Å². The first kappa shape index (κ1) is 9.92. The summed E-state index contributed by atoms with van der Waals surface area (Å²) < 4.78 is 1.38. The smallest absolute Gasteiger partial charge is 0.453 e. The van der Waals surface area contributed by atoms with E-state index in [0.29, 0.717) is 10.9 Å². The zero-order chi connectivity index (χ0) is 11.9. The Morgan fingerprint density at radius 2 is 2.25 bits per heavy atom. The predicted octanol–water partition coefficient (Wildman–Crippen LogP) is 2.28. The quantitative estimate of drug-likeness (QED) is 0.452. The zero-order valence-corrected chi connectivity index (χ0v) is 8.28. The van der Waals surface area contributed by atoms with Crippen molar-refractivity contribution in [1.29, 1.82) is 5.39 Å². The third-order valence-corrected chi connectivity index (χ3v) is 2.44. The standard InChI is InChI=1S/C9H6N4O3/c1-12-7-3-2-5(13(15)16)4-6(7)8(11-10)9(12)14/h2-4H,1H3/p+1. The van der Waals surface area contributed by atoms with Crippen LogP contribution in [0.5, 0.6) is 5.88 Å². The molecule has 0 bridgehead atoms. The van der Waals surface area contributed by atoms with Crippen LogP contribution in [0.15, 0.2) is 18.2 Å². The van der Waals surface area contributed by atoms with Crippen LogP contribution in [0.1, 0.15) is 0 Å². The summed E-state index contributed by atoms with van der Waals surface area (Å²) in [4.78, 5) is 13.0. The van der Waals surface area contributed by atoms with Gasteiger partial charge in [0, 0.05) is 19.2 Å². The van der Waals surface area contributed by atoms with Crippen molar-refractivity contribution in [1.82, 2.24) is 4.57 Å². The fourth-order valence-electron chi connectivity index (χ4n) is 1.61. The first-order chi connectivity index (χ1) is 7.56. The van der Waals surface area contributed by atoms with Crippen LogP contribution in [0.25, 0.3) is 15.9 Å². The first-order valence-corrected chi connectivity index (χ1v) is 4.37. The fraction of sp³-hybridized carbons (Fsp3) is 0.111. The molecule has 0 radical (unpaired) electrons. The van der Waals surface area contributed by atoms with Gasteiger partial charge in [-0.05, 0) is 6.07 Å². The van der Waals surface area contributed by atoms with Gasteiger partial charge in [-0.25, -0.2) is 0 Å². The maximum atomic E-state index is 10.6. The topological polar surface area (TPSA) is 96.5 Å². The van der Waals surface area contributed by atoms with Gasteiger partial charge in [-0.3, -0.25) is 10.1 Å². The number of diazo groups is 1. The Morgan fingerprint density at radius 1 is 1.56 bits per heavy atom. The number of aromatic nitrogens is 1. The molecule has 0 saturated heterocycles. The number of aryl methyl sites for hydroxylation is 1. The second-order valence-corrected chi connectivity index (χ2v) is 3.29. The van der Waals surface area contributed by atoms with Crippen molar-refractivity contribution < 1.29 is 10.0 Å². The van der Waals surface area contributed by atoms with Gasteiger partial charge in [0.2, 0.25) is 5.39 Å². The van der Waals surface area contributed by atoms with Crippen molar-refractivity contribution in [3.63, 3.8) is 0 Å². The minimum Gasteiger partial charge on any atom is -0.489 e. The Labute approximate surface area is 89.3 Å². The summed E-state index contributed by atoms with van der Waals surface area (Å²) >= 11 is 0. The van der Waals surface area contributed by atoms with E-state index in [-0.39, 0.29) is 17.3 Å². The molecule has 7 nitrogen and oxygen atoms in total. The van der Waals surface area contributed by atoms with Gasteiger partial charge in [-0.15, -0.1) is 0 Å². The maximum Gasteiger partial charge on any atom is 0.453 e. The normalized spacial score (nSPS) is 10.2. The zero-order valence-electron chi connectivity index (χ0n) is 8.28. The van der Waals surface area contributed by atoms with Gasteiger partial charge >= 0.3 is 5.69 Å². The molecule has 2 aromatic rings. The fourth-order valence-corrected chi connectivity index (χ4v) is 1.61. The van der Waals surface area contributed by atoms with E-state index in [1.807, 2.05) is 0 Å². The van der Waals surface area contributed by atoms with Crippen LogP contribution in [0, 0.1) is 15.5 Å². The molecule has 0 fully saturated rings. The summed E-state index contributed by atoms with van der Waals surface area (Å²) in [5, 5.41) is 29.2. The SMILES string of the molecule is Cn1c(O)c([N+]#N)c2cc([N+](=O)[O-])ccc21. The van der Waals surface area contributed by atoms with Crippen LogP contribution in [0.3, 0.4) is 0 Å². The lowest BCUT2D eigenvalue weighted by Gasteiger charge is -1.94. The number of nitro benzene ring substituents is 1. The van der Waals surface area contributed by atoms with E-state index < -0.39 is 4.92 Å². The molecule has 0 unspecified atom stereocenters. The Balaban J connectivity index is 2.88. The summed E-state index contributed by atoms with van der Waals surface area (Å²) in [6.07, 6.45) is 0. The Hall–Kier alpha value is -2.62. The molecule has 0 amide bonds. The molecule has 0 saturated carbocycles. The third-order valence-electron chi connectivity index (χ3n) is 2.44. The number of fused-ring (bicyclic) bond motifs is 1. The number of nitrogens with zero attached hydrogens (tertiary/aromatic N) is 4. The highest BCUT2D eigenvalue weighted by molar-refractivity contribution is 5.98. The molecule has 0 spiro atoms. The minimum absolute atomic E-state index is 0.0683. The predicted molar refractivity (Wildman–Crippen MR) is 56.0 cm³/mol. The molecule has 2 rings (SSSR count). The monoisotopic (exact) mass is 219 g/mol. The molecule has 1 heterocycles. The first-order valence-electron chi connectivity index (χ1n) is 4.37. The van der Waals surface area contributed by atoms with Crippen molar-refractivity contribution in [2.45, 2.75) is 0 Å². The summed E-state index contributed by atoms with van der Waals surface area (Å²) in [7, 11) is 1.57. The van der Waals surface area contributed by atoms with Crippen molar-refractivity contribution >= 4 is 22.3 Å². The molecule has 0 atom stereocenters. The summed E-state index contributed by atoms with van der Waals surface area (Å²) in [6.45, 7) is 0. The number of non-ortho nitro benzene ring substituents is 1.